The summed E-state index contributed by atoms with van der Waals surface area (Å²) in [5, 5.41) is 8.91. The number of aryl methyl sites for hydroxylation is 1. The molecule has 3 rings (SSSR count). The summed E-state index contributed by atoms with van der Waals surface area (Å²) in [4.78, 5) is 19.0. The predicted octanol–water partition coefficient (Wildman–Crippen LogP) is 3.32. The summed E-state index contributed by atoms with van der Waals surface area (Å²) in [7, 11) is 0. The lowest BCUT2D eigenvalue weighted by atomic mass is 10.1. The molecule has 0 N–H and O–H groups in total. The van der Waals surface area contributed by atoms with Crippen molar-refractivity contribution in [2.75, 3.05) is 4.90 Å². The highest BCUT2D eigenvalue weighted by Crippen LogP contribution is 2.33. The molecule has 2 aromatic rings. The molecule has 22 heavy (non-hydrogen) atoms. The highest BCUT2D eigenvalue weighted by Gasteiger charge is 2.34. The Labute approximate surface area is 130 Å². The molecule has 0 saturated heterocycles. The van der Waals surface area contributed by atoms with Gasteiger partial charge >= 0.3 is 0 Å². The SMILES string of the molecule is CCc1cnccc1C(=O)N(c1ccc(C#N)cc1)C1CC1. The van der Waals surface area contributed by atoms with E-state index in [0.717, 1.165) is 30.5 Å². The second kappa shape index (κ2) is 5.98. The highest BCUT2D eigenvalue weighted by atomic mass is 16.2. The predicted molar refractivity (Wildman–Crippen MR) is 84.6 cm³/mol. The lowest BCUT2D eigenvalue weighted by molar-refractivity contribution is 0.0984. The second-order valence-corrected chi connectivity index (χ2v) is 5.45. The second-order valence-electron chi connectivity index (χ2n) is 5.45. The first-order valence-corrected chi connectivity index (χ1v) is 7.51. The average Bonchev–Trinajstić information content (AvgIpc) is 3.40. The van der Waals surface area contributed by atoms with Gasteiger partial charge < -0.3 is 4.90 Å². The van der Waals surface area contributed by atoms with E-state index in [-0.39, 0.29) is 11.9 Å². The number of benzene rings is 1. The minimum absolute atomic E-state index is 0.0199. The van der Waals surface area contributed by atoms with Crippen molar-refractivity contribution in [2.45, 2.75) is 32.2 Å². The molecule has 0 spiro atoms. The Balaban J connectivity index is 1.97. The van der Waals surface area contributed by atoms with Crippen molar-refractivity contribution in [3.63, 3.8) is 0 Å². The topological polar surface area (TPSA) is 57.0 Å². The molecule has 1 aliphatic carbocycles. The van der Waals surface area contributed by atoms with Crippen LogP contribution >= 0.6 is 0 Å². The van der Waals surface area contributed by atoms with E-state index in [2.05, 4.69) is 11.1 Å². The first-order valence-electron chi connectivity index (χ1n) is 7.51. The van der Waals surface area contributed by atoms with E-state index in [0.29, 0.717) is 11.1 Å². The third-order valence-electron chi connectivity index (χ3n) is 3.92. The van der Waals surface area contributed by atoms with E-state index in [1.165, 1.54) is 0 Å². The molecule has 1 amide bonds. The molecule has 110 valence electrons. The number of nitrogens with zero attached hydrogens (tertiary/aromatic N) is 3. The van der Waals surface area contributed by atoms with E-state index >= 15 is 0 Å². The first kappa shape index (κ1) is 14.3. The molecule has 0 bridgehead atoms. The van der Waals surface area contributed by atoms with Crippen molar-refractivity contribution in [3.05, 3.63) is 59.4 Å². The van der Waals surface area contributed by atoms with Crippen molar-refractivity contribution in [1.82, 2.24) is 4.98 Å². The molecule has 0 radical (unpaired) electrons. The zero-order valence-corrected chi connectivity index (χ0v) is 12.5. The van der Waals surface area contributed by atoms with Crippen LogP contribution in [-0.4, -0.2) is 16.9 Å². The van der Waals surface area contributed by atoms with E-state index in [1.807, 2.05) is 24.0 Å². The van der Waals surface area contributed by atoms with Crippen LogP contribution < -0.4 is 4.90 Å². The highest BCUT2D eigenvalue weighted by molar-refractivity contribution is 6.07. The van der Waals surface area contributed by atoms with Crippen LogP contribution in [0.4, 0.5) is 5.69 Å². The van der Waals surface area contributed by atoms with Crippen molar-refractivity contribution >= 4 is 11.6 Å². The van der Waals surface area contributed by atoms with E-state index in [9.17, 15) is 4.79 Å². The van der Waals surface area contributed by atoms with Crippen molar-refractivity contribution in [1.29, 1.82) is 5.26 Å². The summed E-state index contributed by atoms with van der Waals surface area (Å²) in [6.45, 7) is 2.02. The van der Waals surface area contributed by atoms with Crippen molar-refractivity contribution in [3.8, 4) is 6.07 Å². The summed E-state index contributed by atoms with van der Waals surface area (Å²) >= 11 is 0. The fourth-order valence-electron chi connectivity index (χ4n) is 2.57. The smallest absolute Gasteiger partial charge is 0.258 e. The summed E-state index contributed by atoms with van der Waals surface area (Å²) in [5.41, 5.74) is 3.14. The number of rotatable bonds is 4. The normalized spacial score (nSPS) is 13.5. The third kappa shape index (κ3) is 2.71. The van der Waals surface area contributed by atoms with Crippen molar-refractivity contribution < 1.29 is 4.79 Å². The van der Waals surface area contributed by atoms with Gasteiger partial charge in [0.1, 0.15) is 0 Å². The van der Waals surface area contributed by atoms with Gasteiger partial charge in [-0.15, -0.1) is 0 Å². The monoisotopic (exact) mass is 291 g/mol. The standard InChI is InChI=1S/C18H17N3O/c1-2-14-12-20-10-9-17(14)18(22)21(16-7-8-16)15-5-3-13(11-19)4-6-15/h3-6,9-10,12,16H,2,7-8H2,1H3. The van der Waals surface area contributed by atoms with Crippen LogP contribution in [0, 0.1) is 11.3 Å². The number of nitriles is 1. The number of carbonyl (C=O) groups excluding carboxylic acids is 1. The van der Waals surface area contributed by atoms with Gasteiger partial charge in [-0.2, -0.15) is 5.26 Å². The largest absolute Gasteiger partial charge is 0.305 e. The van der Waals surface area contributed by atoms with Gasteiger partial charge in [-0.1, -0.05) is 6.92 Å². The number of hydrogen-bond donors (Lipinski definition) is 0. The van der Waals surface area contributed by atoms with E-state index in [4.69, 9.17) is 5.26 Å². The minimum Gasteiger partial charge on any atom is -0.305 e. The fraction of sp³-hybridized carbons (Fsp3) is 0.278. The molecule has 0 unspecified atom stereocenters. The molecule has 0 aliphatic heterocycles. The van der Waals surface area contributed by atoms with Gasteiger partial charge in [0.05, 0.1) is 11.6 Å². The summed E-state index contributed by atoms with van der Waals surface area (Å²) in [6, 6.07) is 11.4. The van der Waals surface area contributed by atoms with Gasteiger partial charge in [-0.3, -0.25) is 9.78 Å². The lowest BCUT2D eigenvalue weighted by Gasteiger charge is -2.23. The van der Waals surface area contributed by atoms with Gasteiger partial charge in [-0.05, 0) is 55.2 Å². The van der Waals surface area contributed by atoms with Crippen LogP contribution in [0.5, 0.6) is 0 Å². The van der Waals surface area contributed by atoms with Crippen LogP contribution in [-0.2, 0) is 6.42 Å². The molecule has 1 fully saturated rings. The number of hydrogen-bond acceptors (Lipinski definition) is 3. The van der Waals surface area contributed by atoms with E-state index in [1.54, 1.807) is 30.6 Å². The Morgan fingerprint density at radius 1 is 1.32 bits per heavy atom. The zero-order chi connectivity index (χ0) is 15.5. The maximum absolute atomic E-state index is 13.0. The molecule has 0 atom stereocenters. The Hall–Kier alpha value is -2.67. The Kier molecular flexibility index (Phi) is 3.88. The Bertz CT molecular complexity index is 727. The maximum atomic E-state index is 13.0. The molecular weight excluding hydrogens is 274 g/mol. The first-order chi connectivity index (χ1) is 10.7. The van der Waals surface area contributed by atoms with Gasteiger partial charge in [0.25, 0.3) is 5.91 Å². The molecule has 1 aromatic carbocycles. The number of pyridine rings is 1. The third-order valence-corrected chi connectivity index (χ3v) is 3.92. The number of amides is 1. The molecule has 1 saturated carbocycles. The Morgan fingerprint density at radius 3 is 2.64 bits per heavy atom. The zero-order valence-electron chi connectivity index (χ0n) is 12.5. The maximum Gasteiger partial charge on any atom is 0.258 e. The molecule has 1 aromatic heterocycles. The number of carbonyl (C=O) groups is 1. The molecule has 4 heteroatoms. The number of aromatic nitrogens is 1. The van der Waals surface area contributed by atoms with Gasteiger partial charge in [0, 0.05) is 29.7 Å². The van der Waals surface area contributed by atoms with Crippen LogP contribution in [0.25, 0.3) is 0 Å². The molecule has 1 aliphatic rings. The summed E-state index contributed by atoms with van der Waals surface area (Å²) < 4.78 is 0. The van der Waals surface area contributed by atoms with E-state index < -0.39 is 0 Å². The molecule has 1 heterocycles. The summed E-state index contributed by atoms with van der Waals surface area (Å²) in [5.74, 6) is 0.0199. The number of anilines is 1. The van der Waals surface area contributed by atoms with Gasteiger partial charge in [0.15, 0.2) is 0 Å². The minimum atomic E-state index is 0.0199. The van der Waals surface area contributed by atoms with Gasteiger partial charge in [0.2, 0.25) is 0 Å². The van der Waals surface area contributed by atoms with Gasteiger partial charge in [-0.25, -0.2) is 0 Å². The fourth-order valence-corrected chi connectivity index (χ4v) is 2.57. The van der Waals surface area contributed by atoms with Crippen LogP contribution in [0.3, 0.4) is 0 Å². The summed E-state index contributed by atoms with van der Waals surface area (Å²) in [6.07, 6.45) is 6.25. The van der Waals surface area contributed by atoms with Crippen LogP contribution in [0.2, 0.25) is 0 Å². The van der Waals surface area contributed by atoms with Crippen LogP contribution in [0.1, 0.15) is 41.3 Å². The molecular formula is C18H17N3O. The lowest BCUT2D eigenvalue weighted by Crippen LogP contribution is -2.33. The molecule has 4 nitrogen and oxygen atoms in total. The quantitative estimate of drug-likeness (QED) is 0.868. The Morgan fingerprint density at radius 2 is 2.05 bits per heavy atom. The average molecular weight is 291 g/mol. The van der Waals surface area contributed by atoms with Crippen molar-refractivity contribution in [2.24, 2.45) is 0 Å². The van der Waals surface area contributed by atoms with Crippen LogP contribution in [0.15, 0.2) is 42.7 Å².